The highest BCUT2D eigenvalue weighted by atomic mass is 79.9. The predicted octanol–water partition coefficient (Wildman–Crippen LogP) is 5.76. The van der Waals surface area contributed by atoms with Gasteiger partial charge in [0.2, 0.25) is 0 Å². The van der Waals surface area contributed by atoms with Crippen molar-refractivity contribution in [2.24, 2.45) is 5.16 Å². The van der Waals surface area contributed by atoms with Gasteiger partial charge in [-0.25, -0.2) is 0 Å². The second-order valence-electron chi connectivity index (χ2n) is 6.74. The highest BCUT2D eigenvalue weighted by Gasteiger charge is 2.11. The summed E-state index contributed by atoms with van der Waals surface area (Å²) in [6.45, 7) is 2.70. The number of halogens is 1. The minimum atomic E-state index is -0.443. The van der Waals surface area contributed by atoms with E-state index in [2.05, 4.69) is 27.2 Å². The molecule has 0 saturated carbocycles. The molecule has 0 bridgehead atoms. The number of benzene rings is 3. The average Bonchev–Trinajstić information content (AvgIpc) is 2.83. The molecule has 3 aromatic rings. The van der Waals surface area contributed by atoms with E-state index in [0.29, 0.717) is 23.7 Å². The predicted molar refractivity (Wildman–Crippen MR) is 126 cm³/mol. The van der Waals surface area contributed by atoms with Gasteiger partial charge in [0, 0.05) is 27.7 Å². The highest BCUT2D eigenvalue weighted by molar-refractivity contribution is 9.10. The van der Waals surface area contributed by atoms with E-state index in [4.69, 9.17) is 19.6 Å². The van der Waals surface area contributed by atoms with Gasteiger partial charge in [-0.15, -0.1) is 0 Å². The number of hydrogen-bond donors (Lipinski definition) is 0. The largest absolute Gasteiger partial charge is 0.490 e. The second-order valence-corrected chi connectivity index (χ2v) is 7.60. The van der Waals surface area contributed by atoms with E-state index in [1.165, 1.54) is 12.1 Å². The van der Waals surface area contributed by atoms with Gasteiger partial charge >= 0.3 is 0 Å². The molecule has 0 heterocycles. The minimum absolute atomic E-state index is 0.0264. The minimum Gasteiger partial charge on any atom is -0.490 e. The normalized spacial score (nSPS) is 10.6. The van der Waals surface area contributed by atoms with Gasteiger partial charge in [-0.2, -0.15) is 5.26 Å². The lowest BCUT2D eigenvalue weighted by molar-refractivity contribution is -0.384. The zero-order chi connectivity index (χ0) is 23.6. The molecule has 0 radical (unpaired) electrons. The van der Waals surface area contributed by atoms with Crippen molar-refractivity contribution in [2.45, 2.75) is 20.1 Å². The maximum atomic E-state index is 10.8. The molecule has 8 nitrogen and oxygen atoms in total. The number of oxime groups is 1. The van der Waals surface area contributed by atoms with Gasteiger partial charge < -0.3 is 14.3 Å². The number of non-ortho nitro benzene ring substituents is 1. The summed E-state index contributed by atoms with van der Waals surface area (Å²) >= 11 is 3.50. The average molecular weight is 510 g/mol. The molecule has 0 saturated heterocycles. The van der Waals surface area contributed by atoms with Crippen molar-refractivity contribution in [1.29, 1.82) is 5.26 Å². The Hall–Kier alpha value is -3.90. The monoisotopic (exact) mass is 509 g/mol. The van der Waals surface area contributed by atoms with E-state index >= 15 is 0 Å². The highest BCUT2D eigenvalue weighted by Crippen LogP contribution is 2.34. The Morgan fingerprint density at radius 1 is 1.09 bits per heavy atom. The molecule has 0 amide bonds. The molecule has 0 aliphatic heterocycles. The van der Waals surface area contributed by atoms with E-state index in [1.807, 2.05) is 19.1 Å². The summed E-state index contributed by atoms with van der Waals surface area (Å²) in [4.78, 5) is 15.7. The first-order chi connectivity index (χ1) is 16.0. The van der Waals surface area contributed by atoms with E-state index in [-0.39, 0.29) is 18.9 Å². The van der Waals surface area contributed by atoms with E-state index in [1.54, 1.807) is 42.6 Å². The Balaban J connectivity index is 1.68. The lowest BCUT2D eigenvalue weighted by Gasteiger charge is -2.14. The van der Waals surface area contributed by atoms with Crippen LogP contribution in [0.3, 0.4) is 0 Å². The Morgan fingerprint density at radius 3 is 2.52 bits per heavy atom. The summed E-state index contributed by atoms with van der Waals surface area (Å²) in [6.07, 6.45) is 1.54. The van der Waals surface area contributed by atoms with Crippen molar-refractivity contribution in [3.8, 4) is 17.6 Å². The topological polar surface area (TPSA) is 107 Å². The van der Waals surface area contributed by atoms with Gasteiger partial charge in [-0.05, 0) is 58.7 Å². The zero-order valence-corrected chi connectivity index (χ0v) is 19.3. The molecule has 168 valence electrons. The smallest absolute Gasteiger partial charge is 0.269 e. The standard InChI is InChI=1S/C24H20BrN3O5/c1-2-31-23-11-20(14-27-33-16-19-6-4-3-5-18(19)13-26)22(25)12-24(23)32-15-17-7-9-21(10-8-17)28(29)30/h3-12,14H,2,15-16H2,1H3/b27-14-. The summed E-state index contributed by atoms with van der Waals surface area (Å²) in [5.74, 6) is 1.04. The summed E-state index contributed by atoms with van der Waals surface area (Å²) < 4.78 is 12.3. The fourth-order valence-electron chi connectivity index (χ4n) is 2.86. The van der Waals surface area contributed by atoms with Crippen LogP contribution < -0.4 is 9.47 Å². The first-order valence-electron chi connectivity index (χ1n) is 9.97. The SMILES string of the molecule is CCOc1cc(/C=N\OCc2ccccc2C#N)c(Br)cc1OCc1ccc([N+](=O)[O-])cc1. The number of hydrogen-bond acceptors (Lipinski definition) is 7. The number of nitro benzene ring substituents is 1. The number of nitriles is 1. The molecular formula is C24H20BrN3O5. The third kappa shape index (κ3) is 6.54. The van der Waals surface area contributed by atoms with Gasteiger partial charge in [0.25, 0.3) is 5.69 Å². The summed E-state index contributed by atoms with van der Waals surface area (Å²) in [5.41, 5.74) is 2.83. The quantitative estimate of drug-likeness (QED) is 0.195. The third-order valence-electron chi connectivity index (χ3n) is 4.53. The van der Waals surface area contributed by atoms with Crippen LogP contribution in [0.4, 0.5) is 5.69 Å². The number of nitro groups is 1. The Kier molecular flexibility index (Phi) is 8.38. The number of rotatable bonds is 10. The van der Waals surface area contributed by atoms with Crippen molar-refractivity contribution in [3.05, 3.63) is 97.5 Å². The van der Waals surface area contributed by atoms with Gasteiger partial charge in [0.15, 0.2) is 11.5 Å². The Morgan fingerprint density at radius 2 is 1.82 bits per heavy atom. The Bertz CT molecular complexity index is 1190. The molecule has 0 aliphatic rings. The molecule has 0 unspecified atom stereocenters. The molecule has 9 heteroatoms. The number of nitrogens with zero attached hydrogens (tertiary/aromatic N) is 3. The number of ether oxygens (including phenoxy) is 2. The van der Waals surface area contributed by atoms with E-state index in [0.717, 1.165) is 21.2 Å². The van der Waals surface area contributed by atoms with Crippen molar-refractivity contribution in [3.63, 3.8) is 0 Å². The third-order valence-corrected chi connectivity index (χ3v) is 5.22. The van der Waals surface area contributed by atoms with Crippen LogP contribution in [0.5, 0.6) is 11.5 Å². The van der Waals surface area contributed by atoms with Gasteiger partial charge in [-0.1, -0.05) is 23.4 Å². The second kappa shape index (κ2) is 11.6. The van der Waals surface area contributed by atoms with Crippen LogP contribution >= 0.6 is 15.9 Å². The van der Waals surface area contributed by atoms with E-state index in [9.17, 15) is 10.1 Å². The van der Waals surface area contributed by atoms with Crippen molar-refractivity contribution in [2.75, 3.05) is 6.61 Å². The lowest BCUT2D eigenvalue weighted by atomic mass is 10.1. The van der Waals surface area contributed by atoms with Gasteiger partial charge in [0.05, 0.1) is 29.4 Å². The maximum absolute atomic E-state index is 10.8. The van der Waals surface area contributed by atoms with Crippen LogP contribution in [0.2, 0.25) is 0 Å². The van der Waals surface area contributed by atoms with Gasteiger partial charge in [-0.3, -0.25) is 10.1 Å². The molecule has 0 atom stereocenters. The van der Waals surface area contributed by atoms with Crippen LogP contribution in [0.25, 0.3) is 0 Å². The van der Waals surface area contributed by atoms with Crippen molar-refractivity contribution < 1.29 is 19.2 Å². The van der Waals surface area contributed by atoms with Crippen LogP contribution in [0.1, 0.15) is 29.2 Å². The molecule has 0 spiro atoms. The summed E-state index contributed by atoms with van der Waals surface area (Å²) in [7, 11) is 0. The first-order valence-corrected chi connectivity index (χ1v) is 10.8. The zero-order valence-electron chi connectivity index (χ0n) is 17.7. The van der Waals surface area contributed by atoms with Crippen molar-refractivity contribution in [1.82, 2.24) is 0 Å². The molecule has 0 aliphatic carbocycles. The molecule has 0 N–H and O–H groups in total. The van der Waals surface area contributed by atoms with Crippen LogP contribution in [0, 0.1) is 21.4 Å². The molecule has 0 aromatic heterocycles. The van der Waals surface area contributed by atoms with Crippen molar-refractivity contribution >= 4 is 27.8 Å². The fourth-order valence-corrected chi connectivity index (χ4v) is 3.29. The maximum Gasteiger partial charge on any atom is 0.269 e. The fraction of sp³-hybridized carbons (Fsp3) is 0.167. The molecular weight excluding hydrogens is 490 g/mol. The van der Waals surface area contributed by atoms with E-state index < -0.39 is 4.92 Å². The molecule has 3 aromatic carbocycles. The van der Waals surface area contributed by atoms with Crippen LogP contribution in [-0.2, 0) is 18.1 Å². The summed E-state index contributed by atoms with van der Waals surface area (Å²) in [6, 6.07) is 19.0. The van der Waals surface area contributed by atoms with Crippen LogP contribution in [-0.4, -0.2) is 17.7 Å². The Labute approximate surface area is 199 Å². The molecule has 33 heavy (non-hydrogen) atoms. The first kappa shape index (κ1) is 23.8. The van der Waals surface area contributed by atoms with Crippen LogP contribution in [0.15, 0.2) is 70.3 Å². The van der Waals surface area contributed by atoms with Gasteiger partial charge in [0.1, 0.15) is 13.2 Å². The lowest BCUT2D eigenvalue weighted by Crippen LogP contribution is -2.01. The molecule has 0 fully saturated rings. The molecule has 3 rings (SSSR count). The summed E-state index contributed by atoms with van der Waals surface area (Å²) in [5, 5.41) is 23.9.